The third kappa shape index (κ3) is 4.29. The number of thioether (sulfide) groups is 1. The van der Waals surface area contributed by atoms with Crippen LogP contribution in [0.1, 0.15) is 36.8 Å². The normalized spacial score (nSPS) is 20.4. The summed E-state index contributed by atoms with van der Waals surface area (Å²) >= 11 is 2.86. The Morgan fingerprint density at radius 2 is 1.82 bits per heavy atom. The van der Waals surface area contributed by atoms with E-state index < -0.39 is 0 Å². The monoisotopic (exact) mass is 479 g/mol. The first-order valence-electron chi connectivity index (χ1n) is 11.2. The second kappa shape index (κ2) is 8.91. The molecule has 8 heteroatoms. The van der Waals surface area contributed by atoms with Crippen molar-refractivity contribution in [3.63, 3.8) is 0 Å². The van der Waals surface area contributed by atoms with Crippen LogP contribution in [0.5, 0.6) is 0 Å². The van der Waals surface area contributed by atoms with Gasteiger partial charge < -0.3 is 5.32 Å². The first-order chi connectivity index (χ1) is 15.9. The molecule has 6 nitrogen and oxygen atoms in total. The van der Waals surface area contributed by atoms with E-state index in [4.69, 9.17) is 0 Å². The molecule has 2 atom stereocenters. The minimum Gasteiger partial charge on any atom is -0.325 e. The molecule has 1 aromatic heterocycles. The average molecular weight is 480 g/mol. The minimum absolute atomic E-state index is 0.0636. The van der Waals surface area contributed by atoms with Crippen LogP contribution in [0.15, 0.2) is 40.7 Å². The number of hydrogen-bond donors (Lipinski definition) is 1. The second-order valence-electron chi connectivity index (χ2n) is 8.80. The van der Waals surface area contributed by atoms with Crippen LogP contribution in [0, 0.1) is 25.7 Å². The summed E-state index contributed by atoms with van der Waals surface area (Å²) in [7, 11) is 0. The van der Waals surface area contributed by atoms with Gasteiger partial charge in [0.05, 0.1) is 33.5 Å². The molecule has 2 aromatic carbocycles. The summed E-state index contributed by atoms with van der Waals surface area (Å²) in [6.07, 6.45) is 3.64. The first-order valence-corrected chi connectivity index (χ1v) is 13.0. The van der Waals surface area contributed by atoms with Gasteiger partial charge in [-0.25, -0.2) is 4.98 Å². The SMILES string of the molecule is Cc1ccc(C)c(NC(=O)CSc2nc3ccc(N4C(=O)[C@H]5CCCC[C@H]5C4=O)cc3s2)c1. The number of rotatable bonds is 5. The first kappa shape index (κ1) is 22.1. The smallest absolute Gasteiger partial charge is 0.237 e. The Labute approximate surface area is 200 Å². The lowest BCUT2D eigenvalue weighted by molar-refractivity contribution is -0.122. The molecule has 1 saturated carbocycles. The van der Waals surface area contributed by atoms with E-state index in [1.165, 1.54) is 28.0 Å². The molecule has 1 aliphatic heterocycles. The number of benzene rings is 2. The summed E-state index contributed by atoms with van der Waals surface area (Å²) in [4.78, 5) is 44.3. The fourth-order valence-corrected chi connectivity index (χ4v) is 6.60. The molecule has 2 heterocycles. The highest BCUT2D eigenvalue weighted by molar-refractivity contribution is 8.01. The zero-order chi connectivity index (χ0) is 23.1. The number of aromatic nitrogens is 1. The summed E-state index contributed by atoms with van der Waals surface area (Å²) in [5.74, 6) is -0.274. The molecule has 0 bridgehead atoms. The van der Waals surface area contributed by atoms with Crippen molar-refractivity contribution in [3.8, 4) is 0 Å². The van der Waals surface area contributed by atoms with E-state index in [-0.39, 0.29) is 35.3 Å². The van der Waals surface area contributed by atoms with Crippen molar-refractivity contribution in [3.05, 3.63) is 47.5 Å². The van der Waals surface area contributed by atoms with Gasteiger partial charge in [-0.1, -0.05) is 36.7 Å². The van der Waals surface area contributed by atoms with Gasteiger partial charge in [0.1, 0.15) is 0 Å². The predicted molar refractivity (Wildman–Crippen MR) is 133 cm³/mol. The third-order valence-electron chi connectivity index (χ3n) is 6.45. The summed E-state index contributed by atoms with van der Waals surface area (Å²) in [6, 6.07) is 11.5. The molecule has 1 aliphatic carbocycles. The largest absolute Gasteiger partial charge is 0.325 e. The van der Waals surface area contributed by atoms with Crippen molar-refractivity contribution in [1.29, 1.82) is 0 Å². The lowest BCUT2D eigenvalue weighted by Gasteiger charge is -2.19. The van der Waals surface area contributed by atoms with E-state index in [9.17, 15) is 14.4 Å². The molecule has 3 aromatic rings. The van der Waals surface area contributed by atoms with Crippen LogP contribution in [-0.2, 0) is 14.4 Å². The molecule has 5 rings (SSSR count). The Bertz CT molecular complexity index is 1250. The average Bonchev–Trinajstić information content (AvgIpc) is 3.33. The van der Waals surface area contributed by atoms with Gasteiger partial charge in [-0.15, -0.1) is 11.3 Å². The number of hydrogen-bond acceptors (Lipinski definition) is 6. The Morgan fingerprint density at radius 1 is 1.09 bits per heavy atom. The molecule has 170 valence electrons. The molecule has 2 fully saturated rings. The Kier molecular flexibility index (Phi) is 5.97. The zero-order valence-electron chi connectivity index (χ0n) is 18.6. The zero-order valence-corrected chi connectivity index (χ0v) is 20.2. The number of anilines is 2. The summed E-state index contributed by atoms with van der Waals surface area (Å²) < 4.78 is 1.69. The lowest BCUT2D eigenvalue weighted by Crippen LogP contribution is -2.30. The number of thiazole rings is 1. The van der Waals surface area contributed by atoms with Crippen LogP contribution in [-0.4, -0.2) is 28.5 Å². The van der Waals surface area contributed by atoms with Crippen molar-refractivity contribution in [2.24, 2.45) is 11.8 Å². The Morgan fingerprint density at radius 3 is 2.55 bits per heavy atom. The molecule has 2 aliphatic rings. The minimum atomic E-state index is -0.162. The summed E-state index contributed by atoms with van der Waals surface area (Å²) in [5.41, 5.74) is 4.38. The van der Waals surface area contributed by atoms with Crippen LogP contribution in [0.2, 0.25) is 0 Å². The van der Waals surface area contributed by atoms with Crippen molar-refractivity contribution >= 4 is 62.4 Å². The van der Waals surface area contributed by atoms with Crippen molar-refractivity contribution < 1.29 is 14.4 Å². The molecule has 1 saturated heterocycles. The van der Waals surface area contributed by atoms with Gasteiger partial charge >= 0.3 is 0 Å². The number of amides is 3. The van der Waals surface area contributed by atoms with Crippen molar-refractivity contribution in [1.82, 2.24) is 4.98 Å². The van der Waals surface area contributed by atoms with E-state index in [2.05, 4.69) is 10.3 Å². The standard InChI is InChI=1S/C25H25N3O3S2/c1-14-7-8-15(2)20(11-14)26-22(29)13-32-25-27-19-10-9-16(12-21(19)33-25)28-23(30)17-5-3-4-6-18(17)24(28)31/h7-12,17-18H,3-6,13H2,1-2H3,(H,26,29)/t17-,18+. The fourth-order valence-electron chi connectivity index (χ4n) is 4.69. The molecule has 0 radical (unpaired) electrons. The van der Waals surface area contributed by atoms with Gasteiger partial charge in [-0.05, 0) is 62.1 Å². The van der Waals surface area contributed by atoms with Crippen LogP contribution >= 0.6 is 23.1 Å². The topological polar surface area (TPSA) is 79.4 Å². The quantitative estimate of drug-likeness (QED) is 0.396. The van der Waals surface area contributed by atoms with Crippen LogP contribution in [0.25, 0.3) is 10.2 Å². The molecule has 33 heavy (non-hydrogen) atoms. The van der Waals surface area contributed by atoms with Gasteiger partial charge in [0, 0.05) is 5.69 Å². The van der Waals surface area contributed by atoms with Crippen LogP contribution in [0.4, 0.5) is 11.4 Å². The number of carbonyl (C=O) groups is 3. The fraction of sp³-hybridized carbons (Fsp3) is 0.360. The second-order valence-corrected chi connectivity index (χ2v) is 11.0. The lowest BCUT2D eigenvalue weighted by atomic mass is 9.81. The highest BCUT2D eigenvalue weighted by Gasteiger charge is 2.48. The van der Waals surface area contributed by atoms with E-state index in [1.54, 1.807) is 6.07 Å². The third-order valence-corrected chi connectivity index (χ3v) is 8.61. The van der Waals surface area contributed by atoms with Gasteiger partial charge in [0.15, 0.2) is 4.34 Å². The molecule has 3 amide bonds. The van der Waals surface area contributed by atoms with Crippen LogP contribution in [0.3, 0.4) is 0 Å². The van der Waals surface area contributed by atoms with Gasteiger partial charge in [-0.3, -0.25) is 19.3 Å². The molecular weight excluding hydrogens is 454 g/mol. The van der Waals surface area contributed by atoms with Crippen molar-refractivity contribution in [2.45, 2.75) is 43.9 Å². The van der Waals surface area contributed by atoms with E-state index in [1.807, 2.05) is 44.2 Å². The predicted octanol–water partition coefficient (Wildman–Crippen LogP) is 5.32. The number of aryl methyl sites for hydroxylation is 2. The van der Waals surface area contributed by atoms with E-state index in [0.29, 0.717) is 5.69 Å². The highest BCUT2D eigenvalue weighted by atomic mass is 32.2. The van der Waals surface area contributed by atoms with Crippen molar-refractivity contribution in [2.75, 3.05) is 16.0 Å². The molecule has 0 spiro atoms. The van der Waals surface area contributed by atoms with Crippen LogP contribution < -0.4 is 10.2 Å². The molecular formula is C25H25N3O3S2. The molecule has 1 N–H and O–H groups in total. The number of imide groups is 1. The Hall–Kier alpha value is -2.71. The van der Waals surface area contributed by atoms with E-state index >= 15 is 0 Å². The molecule has 0 unspecified atom stereocenters. The van der Waals surface area contributed by atoms with E-state index in [0.717, 1.165) is 57.1 Å². The summed E-state index contributed by atoms with van der Waals surface area (Å²) in [6.45, 7) is 3.97. The number of nitrogens with one attached hydrogen (secondary N) is 1. The highest BCUT2D eigenvalue weighted by Crippen LogP contribution is 2.41. The number of fused-ring (bicyclic) bond motifs is 2. The number of carbonyl (C=O) groups excluding carboxylic acids is 3. The maximum Gasteiger partial charge on any atom is 0.237 e. The number of nitrogens with zero attached hydrogens (tertiary/aromatic N) is 2. The maximum atomic E-state index is 12.9. The summed E-state index contributed by atoms with van der Waals surface area (Å²) in [5, 5.41) is 2.97. The van der Waals surface area contributed by atoms with Gasteiger partial charge in [0.25, 0.3) is 0 Å². The Balaban J connectivity index is 1.29. The van der Waals surface area contributed by atoms with Gasteiger partial charge in [-0.2, -0.15) is 0 Å². The van der Waals surface area contributed by atoms with Gasteiger partial charge in [0.2, 0.25) is 17.7 Å². The maximum absolute atomic E-state index is 12.9.